The van der Waals surface area contributed by atoms with Crippen LogP contribution < -0.4 is 10.3 Å². The van der Waals surface area contributed by atoms with Gasteiger partial charge in [-0.3, -0.25) is 0 Å². The van der Waals surface area contributed by atoms with Crippen molar-refractivity contribution in [1.29, 1.82) is 0 Å². The highest BCUT2D eigenvalue weighted by molar-refractivity contribution is 5.56. The van der Waals surface area contributed by atoms with Gasteiger partial charge in [-0.15, -0.1) is 0 Å². The van der Waals surface area contributed by atoms with E-state index in [4.69, 9.17) is 5.73 Å². The smallest absolute Gasteiger partial charge is 0.382 e. The molecule has 2 rings (SSSR count). The molecule has 0 saturated heterocycles. The van der Waals surface area contributed by atoms with Gasteiger partial charge in [-0.05, 0) is 12.8 Å². The molecular formula is C17H30N7+. The normalized spacial score (nSPS) is 11.6. The molecule has 0 spiro atoms. The summed E-state index contributed by atoms with van der Waals surface area (Å²) < 4.78 is 5.89. The minimum absolute atomic E-state index is 0.588. The summed E-state index contributed by atoms with van der Waals surface area (Å²) in [7, 11) is 1.97. The third-order valence-electron chi connectivity index (χ3n) is 4.13. The van der Waals surface area contributed by atoms with Crippen molar-refractivity contribution in [3.8, 4) is 0 Å². The first-order valence-corrected chi connectivity index (χ1v) is 8.95. The van der Waals surface area contributed by atoms with E-state index in [0.717, 1.165) is 38.3 Å². The molecule has 0 aromatic carbocycles. The fourth-order valence-corrected chi connectivity index (χ4v) is 2.57. The molecule has 2 heterocycles. The Morgan fingerprint density at radius 1 is 1.08 bits per heavy atom. The third kappa shape index (κ3) is 4.66. The van der Waals surface area contributed by atoms with Crippen molar-refractivity contribution in [1.82, 2.24) is 14.3 Å². The third-order valence-corrected chi connectivity index (χ3v) is 4.13. The van der Waals surface area contributed by atoms with Crippen molar-refractivity contribution in [2.75, 3.05) is 5.73 Å². The van der Waals surface area contributed by atoms with Crippen molar-refractivity contribution >= 4 is 17.5 Å². The zero-order valence-electron chi connectivity index (χ0n) is 15.1. The molecule has 0 unspecified atom stereocenters. The topological polar surface area (TPSA) is 77.4 Å². The molecule has 0 atom stereocenters. The number of nitrogens with two attached hydrogens (primary N) is 1. The lowest BCUT2D eigenvalue weighted by molar-refractivity contribution is -0.657. The average molecular weight is 332 g/mol. The number of azo groups is 1. The predicted octanol–water partition coefficient (Wildman–Crippen LogP) is 3.89. The average Bonchev–Trinajstić information content (AvgIpc) is 3.11. The lowest BCUT2D eigenvalue weighted by Crippen LogP contribution is -2.25. The van der Waals surface area contributed by atoms with Gasteiger partial charge in [0.05, 0.1) is 32.2 Å². The second kappa shape index (κ2) is 9.20. The molecule has 0 saturated carbocycles. The second-order valence-electron chi connectivity index (χ2n) is 6.15. The van der Waals surface area contributed by atoms with E-state index in [-0.39, 0.29) is 0 Å². The SMILES string of the molecule is CCCCCCn1ncc(N=Nc2n(CCCC)cc[n+]2C)c1N. The molecule has 0 fully saturated rings. The second-order valence-corrected chi connectivity index (χ2v) is 6.15. The molecule has 24 heavy (non-hydrogen) atoms. The summed E-state index contributed by atoms with van der Waals surface area (Å²) in [5, 5.41) is 13.0. The highest BCUT2D eigenvalue weighted by Crippen LogP contribution is 2.23. The Labute approximate surface area is 144 Å². The van der Waals surface area contributed by atoms with Crippen molar-refractivity contribution < 1.29 is 4.57 Å². The molecule has 0 radical (unpaired) electrons. The quantitative estimate of drug-likeness (QED) is 0.407. The molecule has 0 aliphatic rings. The standard InChI is InChI=1S/C17H29N7/c1-4-6-8-9-11-24-16(18)15(14-19-24)20-21-17-22(3)12-13-23(17)10-7-5-2/h12-14,18H,4-11H2,1-3H3/p+1. The van der Waals surface area contributed by atoms with Gasteiger partial charge in [0.1, 0.15) is 0 Å². The number of anilines is 1. The van der Waals surface area contributed by atoms with Gasteiger partial charge in [0.15, 0.2) is 11.5 Å². The fourth-order valence-electron chi connectivity index (χ4n) is 2.57. The number of hydrogen-bond acceptors (Lipinski definition) is 4. The Balaban J connectivity index is 2.04. The predicted molar refractivity (Wildman–Crippen MR) is 95.5 cm³/mol. The maximum Gasteiger partial charge on any atom is 0.421 e. The van der Waals surface area contributed by atoms with E-state index in [1.54, 1.807) is 6.20 Å². The highest BCUT2D eigenvalue weighted by Gasteiger charge is 2.15. The van der Waals surface area contributed by atoms with E-state index < -0.39 is 0 Å². The van der Waals surface area contributed by atoms with E-state index >= 15 is 0 Å². The summed E-state index contributed by atoms with van der Waals surface area (Å²) in [4.78, 5) is 0. The van der Waals surface area contributed by atoms with Crippen molar-refractivity contribution in [3.63, 3.8) is 0 Å². The minimum Gasteiger partial charge on any atom is -0.382 e. The van der Waals surface area contributed by atoms with Crippen LogP contribution in [0.4, 0.5) is 17.5 Å². The van der Waals surface area contributed by atoms with Crippen LogP contribution in [0.25, 0.3) is 0 Å². The van der Waals surface area contributed by atoms with E-state index in [1.807, 2.05) is 28.7 Å². The van der Waals surface area contributed by atoms with Gasteiger partial charge in [0.25, 0.3) is 0 Å². The molecule has 0 bridgehead atoms. The first-order chi connectivity index (χ1) is 11.7. The number of hydrogen-bond donors (Lipinski definition) is 1. The summed E-state index contributed by atoms with van der Waals surface area (Å²) in [6.45, 7) is 6.16. The van der Waals surface area contributed by atoms with Crippen LogP contribution in [0.5, 0.6) is 0 Å². The number of unbranched alkanes of at least 4 members (excludes halogenated alkanes) is 4. The Morgan fingerprint density at radius 2 is 1.88 bits per heavy atom. The van der Waals surface area contributed by atoms with Gasteiger partial charge in [-0.1, -0.05) is 44.6 Å². The largest absolute Gasteiger partial charge is 0.421 e. The number of aromatic nitrogens is 4. The van der Waals surface area contributed by atoms with Crippen LogP contribution in [0.3, 0.4) is 0 Å². The summed E-state index contributed by atoms with van der Waals surface area (Å²) in [5.74, 6) is 1.41. The zero-order valence-corrected chi connectivity index (χ0v) is 15.1. The highest BCUT2D eigenvalue weighted by atomic mass is 15.3. The summed E-state index contributed by atoms with van der Waals surface area (Å²) >= 11 is 0. The van der Waals surface area contributed by atoms with Crippen LogP contribution in [0, 0.1) is 0 Å². The molecular weight excluding hydrogens is 302 g/mol. The summed E-state index contributed by atoms with van der Waals surface area (Å²) in [6.07, 6.45) is 12.7. The lowest BCUT2D eigenvalue weighted by atomic mass is 10.2. The van der Waals surface area contributed by atoms with E-state index in [0.29, 0.717) is 11.5 Å². The summed E-state index contributed by atoms with van der Waals surface area (Å²) in [5.41, 5.74) is 6.78. The van der Waals surface area contributed by atoms with Crippen molar-refractivity contribution in [3.05, 3.63) is 18.6 Å². The first-order valence-electron chi connectivity index (χ1n) is 8.95. The van der Waals surface area contributed by atoms with E-state index in [2.05, 4.69) is 33.7 Å². The molecule has 2 aromatic heterocycles. The lowest BCUT2D eigenvalue weighted by Gasteiger charge is -2.03. The fraction of sp³-hybridized carbons (Fsp3) is 0.647. The van der Waals surface area contributed by atoms with E-state index in [9.17, 15) is 0 Å². The first kappa shape index (κ1) is 18.2. The molecule has 0 aliphatic heterocycles. The zero-order chi connectivity index (χ0) is 17.4. The molecule has 7 heteroatoms. The minimum atomic E-state index is 0.588. The van der Waals surface area contributed by atoms with Crippen LogP contribution >= 0.6 is 0 Å². The molecule has 7 nitrogen and oxygen atoms in total. The van der Waals surface area contributed by atoms with Crippen molar-refractivity contribution in [2.24, 2.45) is 17.3 Å². The Bertz CT molecular complexity index is 654. The van der Waals surface area contributed by atoms with Gasteiger partial charge in [0.2, 0.25) is 0 Å². The number of imidazole rings is 1. The Kier molecular flexibility index (Phi) is 6.96. The van der Waals surface area contributed by atoms with Gasteiger partial charge in [-0.2, -0.15) is 5.10 Å². The number of rotatable bonds is 10. The van der Waals surface area contributed by atoms with E-state index in [1.165, 1.54) is 19.3 Å². The van der Waals surface area contributed by atoms with Crippen LogP contribution in [-0.2, 0) is 20.1 Å². The molecule has 2 aromatic rings. The van der Waals surface area contributed by atoms with Gasteiger partial charge >= 0.3 is 5.95 Å². The molecule has 0 amide bonds. The van der Waals surface area contributed by atoms with Crippen LogP contribution in [0.15, 0.2) is 28.8 Å². The molecule has 0 aliphatic carbocycles. The van der Waals surface area contributed by atoms with Crippen LogP contribution in [0.2, 0.25) is 0 Å². The monoisotopic (exact) mass is 332 g/mol. The van der Waals surface area contributed by atoms with Gasteiger partial charge < -0.3 is 5.73 Å². The van der Waals surface area contributed by atoms with Crippen LogP contribution in [0.1, 0.15) is 52.4 Å². The Hall–Kier alpha value is -2.18. The molecule has 132 valence electrons. The van der Waals surface area contributed by atoms with Crippen LogP contribution in [-0.4, -0.2) is 14.3 Å². The summed E-state index contributed by atoms with van der Waals surface area (Å²) in [6, 6.07) is 0. The maximum absolute atomic E-state index is 6.15. The number of nitrogens with zero attached hydrogens (tertiary/aromatic N) is 6. The van der Waals surface area contributed by atoms with Crippen molar-refractivity contribution in [2.45, 2.75) is 65.5 Å². The van der Waals surface area contributed by atoms with Gasteiger partial charge in [-0.25, -0.2) is 13.8 Å². The molecule has 2 N–H and O–H groups in total. The Morgan fingerprint density at radius 3 is 2.62 bits per heavy atom. The number of nitrogen functional groups attached to an aromatic ring is 1. The maximum atomic E-state index is 6.15. The number of aryl methyl sites for hydroxylation is 3. The van der Waals surface area contributed by atoms with Gasteiger partial charge in [0, 0.05) is 11.7 Å².